The van der Waals surface area contributed by atoms with Crippen molar-refractivity contribution in [1.82, 2.24) is 0 Å². The van der Waals surface area contributed by atoms with Gasteiger partial charge in [0.1, 0.15) is 12.5 Å². The number of hydrogen-bond acceptors (Lipinski definition) is 4. The van der Waals surface area contributed by atoms with Crippen molar-refractivity contribution in [2.75, 3.05) is 13.2 Å². The molecule has 0 bridgehead atoms. The minimum Gasteiger partial charge on any atom is -0.476 e. The molecule has 1 aliphatic rings. The maximum Gasteiger partial charge on any atom is 0.423 e. The zero-order chi connectivity index (χ0) is 21.2. The third-order valence-corrected chi connectivity index (χ3v) is 4.36. The van der Waals surface area contributed by atoms with Crippen LogP contribution in [-0.2, 0) is 14.3 Å². The molecule has 1 aromatic carbocycles. The van der Waals surface area contributed by atoms with Crippen LogP contribution < -0.4 is 0 Å². The number of aliphatic imine (C=N–C) groups is 1. The van der Waals surface area contributed by atoms with Gasteiger partial charge in [0, 0.05) is 5.56 Å². The molecule has 2 rings (SSSR count). The number of ether oxygens (including phenoxy) is 2. The van der Waals surface area contributed by atoms with E-state index in [0.717, 1.165) is 5.56 Å². The molecule has 1 heterocycles. The van der Waals surface area contributed by atoms with Crippen molar-refractivity contribution >= 4 is 11.9 Å². The maximum atomic E-state index is 13.8. The lowest BCUT2D eigenvalue weighted by molar-refractivity contribution is -0.314. The van der Waals surface area contributed by atoms with Crippen LogP contribution in [0.1, 0.15) is 30.9 Å². The molecule has 28 heavy (non-hydrogen) atoms. The summed E-state index contributed by atoms with van der Waals surface area (Å²) in [4.78, 5) is 15.0. The molecule has 0 saturated carbocycles. The van der Waals surface area contributed by atoms with Crippen LogP contribution >= 0.6 is 0 Å². The molecule has 156 valence electrons. The van der Waals surface area contributed by atoms with Crippen LogP contribution in [0.5, 0.6) is 0 Å². The van der Waals surface area contributed by atoms with E-state index in [2.05, 4.69) is 9.73 Å². The van der Waals surface area contributed by atoms with Gasteiger partial charge in [-0.1, -0.05) is 31.0 Å². The Morgan fingerprint density at radius 1 is 1.18 bits per heavy atom. The molecule has 0 fully saturated rings. The highest BCUT2D eigenvalue weighted by Crippen LogP contribution is 2.52. The summed E-state index contributed by atoms with van der Waals surface area (Å²) >= 11 is 0. The van der Waals surface area contributed by atoms with Crippen molar-refractivity contribution in [1.29, 1.82) is 0 Å². The predicted octanol–water partition coefficient (Wildman–Crippen LogP) is 4.59. The third-order valence-electron chi connectivity index (χ3n) is 4.36. The molecule has 0 aromatic heterocycles. The molecule has 0 radical (unpaired) electrons. The Kier molecular flexibility index (Phi) is 6.30. The van der Waals surface area contributed by atoms with Gasteiger partial charge in [0.15, 0.2) is 0 Å². The van der Waals surface area contributed by atoms with Gasteiger partial charge in [0.25, 0.3) is 5.54 Å². The fourth-order valence-electron chi connectivity index (χ4n) is 2.74. The second kappa shape index (κ2) is 8.00. The predicted molar refractivity (Wildman–Crippen MR) is 87.9 cm³/mol. The number of carbonyl (C=O) groups is 1. The third kappa shape index (κ3) is 4.10. The Morgan fingerprint density at radius 3 is 2.25 bits per heavy atom. The molecule has 1 aliphatic heterocycles. The van der Waals surface area contributed by atoms with E-state index in [1.165, 1.54) is 24.3 Å². The van der Waals surface area contributed by atoms with E-state index in [4.69, 9.17) is 4.74 Å². The highest BCUT2D eigenvalue weighted by atomic mass is 19.4. The van der Waals surface area contributed by atoms with Gasteiger partial charge in [0.05, 0.1) is 6.61 Å². The SMILES string of the molecule is CCCCOC(=O)C1COC(c2ccc(C)cc2)=NC1(C(F)(F)F)C(F)(F)F. The first-order valence-corrected chi connectivity index (χ1v) is 8.53. The van der Waals surface area contributed by atoms with Crippen molar-refractivity contribution in [3.63, 3.8) is 0 Å². The quantitative estimate of drug-likeness (QED) is 0.404. The van der Waals surface area contributed by atoms with Gasteiger partial charge in [-0.25, -0.2) is 4.99 Å². The van der Waals surface area contributed by atoms with E-state index < -0.39 is 42.3 Å². The van der Waals surface area contributed by atoms with Crippen LogP contribution in [0, 0.1) is 12.8 Å². The van der Waals surface area contributed by atoms with Crippen LogP contribution in [-0.4, -0.2) is 43.0 Å². The first kappa shape index (κ1) is 22.0. The minimum absolute atomic E-state index is 0.0544. The Balaban J connectivity index is 2.56. The molecular weight excluding hydrogens is 392 g/mol. The number of carbonyl (C=O) groups excluding carboxylic acids is 1. The van der Waals surface area contributed by atoms with Crippen molar-refractivity contribution in [3.8, 4) is 0 Å². The summed E-state index contributed by atoms with van der Waals surface area (Å²) in [5.74, 6) is -5.17. The van der Waals surface area contributed by atoms with Gasteiger partial charge < -0.3 is 9.47 Å². The molecule has 1 aromatic rings. The van der Waals surface area contributed by atoms with Crippen LogP contribution in [0.3, 0.4) is 0 Å². The monoisotopic (exact) mass is 411 g/mol. The molecule has 4 nitrogen and oxygen atoms in total. The summed E-state index contributed by atoms with van der Waals surface area (Å²) in [6.45, 7) is 1.99. The Labute approximate surface area is 157 Å². The molecule has 0 aliphatic carbocycles. The van der Waals surface area contributed by atoms with E-state index in [-0.39, 0.29) is 12.2 Å². The Morgan fingerprint density at radius 2 is 1.75 bits per heavy atom. The van der Waals surface area contributed by atoms with E-state index >= 15 is 0 Å². The molecule has 0 amide bonds. The van der Waals surface area contributed by atoms with E-state index in [0.29, 0.717) is 12.8 Å². The summed E-state index contributed by atoms with van der Waals surface area (Å²) in [6.07, 6.45) is -10.9. The van der Waals surface area contributed by atoms with Crippen molar-refractivity contribution in [2.45, 2.75) is 44.6 Å². The van der Waals surface area contributed by atoms with Gasteiger partial charge >= 0.3 is 18.3 Å². The summed E-state index contributed by atoms with van der Waals surface area (Å²) in [5, 5.41) is 0. The summed E-state index contributed by atoms with van der Waals surface area (Å²) in [7, 11) is 0. The van der Waals surface area contributed by atoms with Gasteiger partial charge in [-0.3, -0.25) is 4.79 Å². The number of benzene rings is 1. The lowest BCUT2D eigenvalue weighted by Crippen LogP contribution is -2.65. The zero-order valence-electron chi connectivity index (χ0n) is 15.2. The number of halogens is 6. The average molecular weight is 411 g/mol. The lowest BCUT2D eigenvalue weighted by atomic mass is 9.82. The summed E-state index contributed by atoms with van der Waals surface area (Å²) in [5.41, 5.74) is -3.96. The molecular formula is C18H19F6NO3. The summed E-state index contributed by atoms with van der Waals surface area (Å²) < 4.78 is 92.2. The molecule has 0 N–H and O–H groups in total. The standard InChI is InChI=1S/C18H19F6NO3/c1-3-4-9-27-15(26)13-10-28-14(12-7-5-11(2)6-8-12)25-16(13,17(19,20)21)18(22,23)24/h5-8,13H,3-4,9-10H2,1-2H3. The van der Waals surface area contributed by atoms with Crippen LogP contribution in [0.15, 0.2) is 29.3 Å². The Hall–Kier alpha value is -2.26. The smallest absolute Gasteiger partial charge is 0.423 e. The van der Waals surface area contributed by atoms with E-state index in [1.54, 1.807) is 13.8 Å². The van der Waals surface area contributed by atoms with Crippen molar-refractivity contribution < 1.29 is 40.6 Å². The molecule has 0 spiro atoms. The number of alkyl halides is 6. The number of rotatable bonds is 5. The topological polar surface area (TPSA) is 47.9 Å². The van der Waals surface area contributed by atoms with Crippen molar-refractivity contribution in [3.05, 3.63) is 35.4 Å². The number of unbranched alkanes of at least 4 members (excludes halogenated alkanes) is 1. The van der Waals surface area contributed by atoms with Gasteiger partial charge in [0.2, 0.25) is 5.90 Å². The first-order valence-electron chi connectivity index (χ1n) is 8.53. The maximum absolute atomic E-state index is 13.8. The normalized spacial score (nSPS) is 19.6. The van der Waals surface area contributed by atoms with E-state index in [9.17, 15) is 31.1 Å². The molecule has 1 atom stereocenters. The average Bonchev–Trinajstić information content (AvgIpc) is 2.60. The number of hydrogen-bond donors (Lipinski definition) is 0. The molecule has 1 unspecified atom stereocenters. The largest absolute Gasteiger partial charge is 0.476 e. The van der Waals surface area contributed by atoms with Gasteiger partial charge in [-0.05, 0) is 25.5 Å². The Bertz CT molecular complexity index is 710. The highest BCUT2D eigenvalue weighted by molar-refractivity contribution is 5.96. The highest BCUT2D eigenvalue weighted by Gasteiger charge is 2.78. The number of aryl methyl sites for hydroxylation is 1. The van der Waals surface area contributed by atoms with Gasteiger partial charge in [-0.2, -0.15) is 26.3 Å². The zero-order valence-corrected chi connectivity index (χ0v) is 15.2. The van der Waals surface area contributed by atoms with Crippen LogP contribution in [0.4, 0.5) is 26.3 Å². The van der Waals surface area contributed by atoms with Gasteiger partial charge in [-0.15, -0.1) is 0 Å². The van der Waals surface area contributed by atoms with E-state index in [1.807, 2.05) is 0 Å². The number of esters is 1. The first-order chi connectivity index (χ1) is 12.9. The minimum atomic E-state index is -5.89. The second-order valence-corrected chi connectivity index (χ2v) is 6.43. The lowest BCUT2D eigenvalue weighted by Gasteiger charge is -2.41. The molecule has 0 saturated heterocycles. The molecule has 10 heteroatoms. The fourth-order valence-corrected chi connectivity index (χ4v) is 2.74. The summed E-state index contributed by atoms with van der Waals surface area (Å²) in [6, 6.07) is 5.58. The van der Waals surface area contributed by atoms with Crippen LogP contribution in [0.25, 0.3) is 0 Å². The number of nitrogens with zero attached hydrogens (tertiary/aromatic N) is 1. The fraction of sp³-hybridized carbons (Fsp3) is 0.556. The van der Waals surface area contributed by atoms with Crippen LogP contribution in [0.2, 0.25) is 0 Å². The second-order valence-electron chi connectivity index (χ2n) is 6.43. The van der Waals surface area contributed by atoms with Crippen molar-refractivity contribution in [2.24, 2.45) is 10.9 Å².